The Hall–Kier alpha value is -2.25. The van der Waals surface area contributed by atoms with Gasteiger partial charge in [0.1, 0.15) is 0 Å². The largest absolute Gasteiger partial charge is 0.352 e. The van der Waals surface area contributed by atoms with E-state index in [0.29, 0.717) is 37.4 Å². The third-order valence-electron chi connectivity index (χ3n) is 4.75. The van der Waals surface area contributed by atoms with E-state index in [2.05, 4.69) is 10.3 Å². The maximum atomic E-state index is 12.8. The van der Waals surface area contributed by atoms with E-state index >= 15 is 0 Å². The van der Waals surface area contributed by atoms with Gasteiger partial charge in [-0.2, -0.15) is 4.31 Å². The number of aromatic nitrogens is 1. The normalized spacial score (nSPS) is 16.3. The summed E-state index contributed by atoms with van der Waals surface area (Å²) in [4.78, 5) is 16.7. The van der Waals surface area contributed by atoms with E-state index in [1.54, 1.807) is 37.5 Å². The van der Waals surface area contributed by atoms with Crippen molar-refractivity contribution < 1.29 is 13.2 Å². The Labute approximate surface area is 154 Å². The summed E-state index contributed by atoms with van der Waals surface area (Å²) in [7, 11) is -3.50. The number of piperidine rings is 1. The number of aryl methyl sites for hydroxylation is 1. The molecule has 7 heteroatoms. The molecule has 1 saturated heterocycles. The molecule has 1 aromatic carbocycles. The first-order valence-corrected chi connectivity index (χ1v) is 10.1. The Morgan fingerprint density at radius 2 is 1.81 bits per heavy atom. The SMILES string of the molecule is Cc1ccccc1S(=O)(=O)N1CCC(C(=O)NCc2ccncc2)CC1. The number of nitrogens with one attached hydrogen (secondary N) is 1. The lowest BCUT2D eigenvalue weighted by Crippen LogP contribution is -2.43. The maximum absolute atomic E-state index is 12.8. The fraction of sp³-hybridized carbons (Fsp3) is 0.368. The van der Waals surface area contributed by atoms with Crippen molar-refractivity contribution in [2.45, 2.75) is 31.2 Å². The predicted octanol–water partition coefficient (Wildman–Crippen LogP) is 2.11. The molecular weight excluding hydrogens is 350 g/mol. The van der Waals surface area contributed by atoms with E-state index in [1.807, 2.05) is 18.2 Å². The van der Waals surface area contributed by atoms with Gasteiger partial charge in [-0.15, -0.1) is 0 Å². The molecule has 2 heterocycles. The first-order valence-electron chi connectivity index (χ1n) is 8.71. The van der Waals surface area contributed by atoms with E-state index in [1.165, 1.54) is 4.31 Å². The monoisotopic (exact) mass is 373 g/mol. The van der Waals surface area contributed by atoms with E-state index in [4.69, 9.17) is 0 Å². The molecule has 26 heavy (non-hydrogen) atoms. The molecule has 3 rings (SSSR count). The molecule has 1 aromatic heterocycles. The lowest BCUT2D eigenvalue weighted by molar-refractivity contribution is -0.126. The average molecular weight is 373 g/mol. The minimum absolute atomic E-state index is 0.0187. The zero-order chi connectivity index (χ0) is 18.6. The number of amides is 1. The minimum atomic E-state index is -3.50. The molecule has 2 aromatic rings. The van der Waals surface area contributed by atoms with Crippen LogP contribution in [-0.4, -0.2) is 36.7 Å². The molecule has 6 nitrogen and oxygen atoms in total. The molecule has 1 aliphatic rings. The third-order valence-corrected chi connectivity index (χ3v) is 6.81. The molecule has 0 bridgehead atoms. The second-order valence-corrected chi connectivity index (χ2v) is 8.42. The summed E-state index contributed by atoms with van der Waals surface area (Å²) in [5.74, 6) is -0.171. The maximum Gasteiger partial charge on any atom is 0.243 e. The Morgan fingerprint density at radius 1 is 1.15 bits per heavy atom. The van der Waals surface area contributed by atoms with Crippen LogP contribution in [-0.2, 0) is 21.4 Å². The third kappa shape index (κ3) is 4.11. The molecule has 1 amide bonds. The van der Waals surface area contributed by atoms with Gasteiger partial charge in [-0.1, -0.05) is 18.2 Å². The van der Waals surface area contributed by atoms with Crippen molar-refractivity contribution in [3.63, 3.8) is 0 Å². The summed E-state index contributed by atoms with van der Waals surface area (Å²) in [6, 6.07) is 10.7. The van der Waals surface area contributed by atoms with Crippen molar-refractivity contribution in [3.05, 3.63) is 59.9 Å². The predicted molar refractivity (Wildman–Crippen MR) is 98.7 cm³/mol. The molecule has 0 unspecified atom stereocenters. The number of sulfonamides is 1. The molecule has 0 spiro atoms. The minimum Gasteiger partial charge on any atom is -0.352 e. The van der Waals surface area contributed by atoms with Crippen LogP contribution in [0.25, 0.3) is 0 Å². The van der Waals surface area contributed by atoms with Gasteiger partial charge in [-0.25, -0.2) is 8.42 Å². The Morgan fingerprint density at radius 3 is 2.46 bits per heavy atom. The van der Waals surface area contributed by atoms with Gasteiger partial charge in [0.15, 0.2) is 0 Å². The molecule has 138 valence electrons. The summed E-state index contributed by atoms with van der Waals surface area (Å²) < 4.78 is 27.1. The van der Waals surface area contributed by atoms with Gasteiger partial charge in [-0.3, -0.25) is 9.78 Å². The van der Waals surface area contributed by atoms with Crippen LogP contribution in [0, 0.1) is 12.8 Å². The van der Waals surface area contributed by atoms with Gasteiger partial charge >= 0.3 is 0 Å². The summed E-state index contributed by atoms with van der Waals surface area (Å²) in [6.07, 6.45) is 4.45. The Bertz CT molecular complexity index is 861. The standard InChI is InChI=1S/C19H23N3O3S/c1-15-4-2-3-5-18(15)26(24,25)22-12-8-17(9-13-22)19(23)21-14-16-6-10-20-11-7-16/h2-7,10-11,17H,8-9,12-14H2,1H3,(H,21,23). The van der Waals surface area contributed by atoms with Gasteiger partial charge in [0.25, 0.3) is 0 Å². The van der Waals surface area contributed by atoms with Gasteiger partial charge in [0, 0.05) is 37.9 Å². The lowest BCUT2D eigenvalue weighted by Gasteiger charge is -2.31. The average Bonchev–Trinajstić information content (AvgIpc) is 2.67. The number of carbonyl (C=O) groups excluding carboxylic acids is 1. The van der Waals surface area contributed by atoms with Crippen LogP contribution in [0.15, 0.2) is 53.7 Å². The smallest absolute Gasteiger partial charge is 0.243 e. The first-order chi connectivity index (χ1) is 12.5. The summed E-state index contributed by atoms with van der Waals surface area (Å²) in [5, 5.41) is 2.93. The van der Waals surface area contributed by atoms with Crippen molar-refractivity contribution in [1.82, 2.24) is 14.6 Å². The number of pyridine rings is 1. The number of carbonyl (C=O) groups is 1. The number of hydrogen-bond acceptors (Lipinski definition) is 4. The highest BCUT2D eigenvalue weighted by Gasteiger charge is 2.32. The molecule has 0 aliphatic carbocycles. The van der Waals surface area contributed by atoms with Crippen LogP contribution >= 0.6 is 0 Å². The van der Waals surface area contributed by atoms with Crippen molar-refractivity contribution >= 4 is 15.9 Å². The zero-order valence-corrected chi connectivity index (χ0v) is 15.6. The van der Waals surface area contributed by atoms with Crippen LogP contribution in [0.4, 0.5) is 0 Å². The Kier molecular flexibility index (Phi) is 5.68. The second kappa shape index (κ2) is 7.97. The summed E-state index contributed by atoms with van der Waals surface area (Å²) >= 11 is 0. The highest BCUT2D eigenvalue weighted by Crippen LogP contribution is 2.25. The molecule has 0 saturated carbocycles. The molecule has 1 fully saturated rings. The number of nitrogens with zero attached hydrogens (tertiary/aromatic N) is 2. The fourth-order valence-electron chi connectivity index (χ4n) is 3.18. The molecule has 0 radical (unpaired) electrons. The zero-order valence-electron chi connectivity index (χ0n) is 14.8. The fourth-order valence-corrected chi connectivity index (χ4v) is 4.87. The molecule has 1 aliphatic heterocycles. The van der Waals surface area contributed by atoms with Crippen molar-refractivity contribution in [2.24, 2.45) is 5.92 Å². The number of hydrogen-bond donors (Lipinski definition) is 1. The van der Waals surface area contributed by atoms with Crippen molar-refractivity contribution in [3.8, 4) is 0 Å². The number of benzene rings is 1. The Balaban J connectivity index is 1.57. The molecular formula is C19H23N3O3S. The van der Waals surface area contributed by atoms with E-state index < -0.39 is 10.0 Å². The topological polar surface area (TPSA) is 79.4 Å². The highest BCUT2D eigenvalue weighted by molar-refractivity contribution is 7.89. The van der Waals surface area contributed by atoms with E-state index in [0.717, 1.165) is 11.1 Å². The van der Waals surface area contributed by atoms with Crippen molar-refractivity contribution in [2.75, 3.05) is 13.1 Å². The van der Waals surface area contributed by atoms with Crippen LogP contribution < -0.4 is 5.32 Å². The first kappa shape index (κ1) is 18.5. The van der Waals surface area contributed by atoms with Crippen LogP contribution in [0.5, 0.6) is 0 Å². The van der Waals surface area contributed by atoms with Crippen LogP contribution in [0.3, 0.4) is 0 Å². The number of rotatable bonds is 5. The van der Waals surface area contributed by atoms with E-state index in [9.17, 15) is 13.2 Å². The lowest BCUT2D eigenvalue weighted by atomic mass is 9.97. The van der Waals surface area contributed by atoms with Gasteiger partial charge in [0.05, 0.1) is 4.90 Å². The van der Waals surface area contributed by atoms with Gasteiger partial charge in [0.2, 0.25) is 15.9 Å². The van der Waals surface area contributed by atoms with E-state index in [-0.39, 0.29) is 11.8 Å². The second-order valence-electron chi connectivity index (χ2n) is 6.52. The van der Waals surface area contributed by atoms with Crippen LogP contribution in [0.2, 0.25) is 0 Å². The summed E-state index contributed by atoms with van der Waals surface area (Å²) in [6.45, 7) is 2.99. The molecule has 1 N–H and O–H groups in total. The highest BCUT2D eigenvalue weighted by atomic mass is 32.2. The molecule has 0 atom stereocenters. The quantitative estimate of drug-likeness (QED) is 0.871. The van der Waals surface area contributed by atoms with Gasteiger partial charge < -0.3 is 5.32 Å². The van der Waals surface area contributed by atoms with Crippen molar-refractivity contribution in [1.29, 1.82) is 0 Å². The summed E-state index contributed by atoms with van der Waals surface area (Å²) in [5.41, 5.74) is 1.73. The van der Waals surface area contributed by atoms with Crippen LogP contribution in [0.1, 0.15) is 24.0 Å². The van der Waals surface area contributed by atoms with Gasteiger partial charge in [-0.05, 0) is 49.1 Å².